The molecule has 0 aliphatic carbocycles. The van der Waals surface area contributed by atoms with Crippen molar-refractivity contribution in [2.75, 3.05) is 18.0 Å². The molecule has 0 amide bonds. The van der Waals surface area contributed by atoms with Crippen molar-refractivity contribution in [2.24, 2.45) is 0 Å². The first kappa shape index (κ1) is 15.0. The molecule has 1 unspecified atom stereocenters. The van der Waals surface area contributed by atoms with Crippen molar-refractivity contribution in [2.45, 2.75) is 45.6 Å². The van der Waals surface area contributed by atoms with Crippen molar-refractivity contribution < 1.29 is 5.11 Å². The molecular formula is C17H23N3O2. The molecule has 0 spiro atoms. The number of aryl methyl sites for hydroxylation is 1. The minimum absolute atomic E-state index is 0.0844. The summed E-state index contributed by atoms with van der Waals surface area (Å²) < 4.78 is 1.55. The second-order valence-electron chi connectivity index (χ2n) is 6.09. The highest BCUT2D eigenvalue weighted by atomic mass is 16.3. The van der Waals surface area contributed by atoms with E-state index in [4.69, 9.17) is 4.98 Å². The number of pyridine rings is 1. The number of aliphatic hydroxyl groups excluding tert-OH is 1. The number of aliphatic hydroxyl groups is 1. The highest BCUT2D eigenvalue weighted by Crippen LogP contribution is 2.23. The lowest BCUT2D eigenvalue weighted by molar-refractivity contribution is 0.174. The molecule has 118 valence electrons. The Morgan fingerprint density at radius 2 is 2.00 bits per heavy atom. The molecule has 2 aromatic rings. The third-order valence-electron chi connectivity index (χ3n) is 4.34. The summed E-state index contributed by atoms with van der Waals surface area (Å²) in [5.41, 5.74) is 2.18. The van der Waals surface area contributed by atoms with Crippen LogP contribution in [0, 0.1) is 6.92 Å². The Morgan fingerprint density at radius 1 is 1.27 bits per heavy atom. The Labute approximate surface area is 130 Å². The van der Waals surface area contributed by atoms with Crippen LogP contribution in [0.1, 0.15) is 49.8 Å². The van der Waals surface area contributed by atoms with E-state index in [1.54, 1.807) is 16.7 Å². The Hall–Kier alpha value is -1.88. The van der Waals surface area contributed by atoms with Gasteiger partial charge in [-0.1, -0.05) is 6.92 Å². The highest BCUT2D eigenvalue weighted by Gasteiger charge is 2.17. The van der Waals surface area contributed by atoms with Gasteiger partial charge in [0.05, 0.1) is 6.10 Å². The van der Waals surface area contributed by atoms with Crippen molar-refractivity contribution >= 4 is 11.5 Å². The van der Waals surface area contributed by atoms with Gasteiger partial charge in [-0.3, -0.25) is 9.20 Å². The molecule has 1 saturated heterocycles. The van der Waals surface area contributed by atoms with Gasteiger partial charge >= 0.3 is 0 Å². The van der Waals surface area contributed by atoms with E-state index in [9.17, 15) is 9.90 Å². The van der Waals surface area contributed by atoms with Gasteiger partial charge in [-0.15, -0.1) is 0 Å². The molecular weight excluding hydrogens is 278 g/mol. The number of rotatable bonds is 3. The minimum atomic E-state index is -0.599. The molecule has 22 heavy (non-hydrogen) atoms. The molecule has 1 aliphatic rings. The molecule has 1 atom stereocenters. The van der Waals surface area contributed by atoms with Crippen LogP contribution in [0.15, 0.2) is 23.1 Å². The van der Waals surface area contributed by atoms with Crippen LogP contribution in [0.25, 0.3) is 5.65 Å². The van der Waals surface area contributed by atoms with Gasteiger partial charge in [-0.2, -0.15) is 0 Å². The fourth-order valence-corrected chi connectivity index (χ4v) is 3.11. The normalized spacial score (nSPS) is 17.0. The molecule has 2 aromatic heterocycles. The lowest BCUT2D eigenvalue weighted by atomic mass is 10.1. The van der Waals surface area contributed by atoms with E-state index in [2.05, 4.69) is 4.90 Å². The number of aromatic nitrogens is 2. The van der Waals surface area contributed by atoms with Crippen LogP contribution in [0.2, 0.25) is 0 Å². The van der Waals surface area contributed by atoms with Gasteiger partial charge in [0.2, 0.25) is 0 Å². The van der Waals surface area contributed by atoms with Crippen LogP contribution in [0.5, 0.6) is 0 Å². The number of fused-ring (bicyclic) bond motifs is 1. The minimum Gasteiger partial charge on any atom is -0.388 e. The smallest absolute Gasteiger partial charge is 0.259 e. The molecule has 1 aliphatic heterocycles. The van der Waals surface area contributed by atoms with E-state index in [-0.39, 0.29) is 5.56 Å². The molecule has 0 bridgehead atoms. The summed E-state index contributed by atoms with van der Waals surface area (Å²) in [5, 5.41) is 10.3. The summed E-state index contributed by atoms with van der Waals surface area (Å²) in [6.45, 7) is 5.74. The predicted octanol–water partition coefficient (Wildman–Crippen LogP) is 2.44. The van der Waals surface area contributed by atoms with Crippen LogP contribution in [0.4, 0.5) is 5.82 Å². The maximum Gasteiger partial charge on any atom is 0.259 e. The van der Waals surface area contributed by atoms with E-state index < -0.39 is 6.10 Å². The number of hydrogen-bond acceptors (Lipinski definition) is 4. The number of anilines is 1. The van der Waals surface area contributed by atoms with Crippen molar-refractivity contribution in [3.05, 3.63) is 39.8 Å². The summed E-state index contributed by atoms with van der Waals surface area (Å²) >= 11 is 0. The van der Waals surface area contributed by atoms with Gasteiger partial charge in [0, 0.05) is 30.9 Å². The third-order valence-corrected chi connectivity index (χ3v) is 4.34. The molecule has 0 saturated carbocycles. The topological polar surface area (TPSA) is 57.8 Å². The molecule has 3 heterocycles. The summed E-state index contributed by atoms with van der Waals surface area (Å²) in [7, 11) is 0. The van der Waals surface area contributed by atoms with E-state index in [0.717, 1.165) is 42.9 Å². The highest BCUT2D eigenvalue weighted by molar-refractivity contribution is 5.55. The monoisotopic (exact) mass is 301 g/mol. The Morgan fingerprint density at radius 3 is 2.68 bits per heavy atom. The summed E-state index contributed by atoms with van der Waals surface area (Å²) in [5.74, 6) is 0.734. The van der Waals surface area contributed by atoms with E-state index in [1.165, 1.54) is 6.42 Å². The Balaban J connectivity index is 2.18. The van der Waals surface area contributed by atoms with Gasteiger partial charge in [0.1, 0.15) is 11.5 Å². The van der Waals surface area contributed by atoms with Crippen molar-refractivity contribution in [3.63, 3.8) is 0 Å². The predicted molar refractivity (Wildman–Crippen MR) is 87.5 cm³/mol. The lowest BCUT2D eigenvalue weighted by Crippen LogP contribution is -2.32. The molecule has 0 radical (unpaired) electrons. The standard InChI is InChI=1S/C17H23N3O2/c1-3-14(21)13-9-12(2)11-20-16(22)10-15(18-17(13)20)19-7-5-4-6-8-19/h9-11,14,21H,3-8H2,1-2H3. The van der Waals surface area contributed by atoms with Gasteiger partial charge in [0.15, 0.2) is 0 Å². The van der Waals surface area contributed by atoms with Crippen LogP contribution in [0.3, 0.4) is 0 Å². The number of piperidine rings is 1. The Bertz CT molecular complexity index is 732. The van der Waals surface area contributed by atoms with E-state index >= 15 is 0 Å². The molecule has 0 aromatic carbocycles. The van der Waals surface area contributed by atoms with Gasteiger partial charge in [0.25, 0.3) is 5.56 Å². The van der Waals surface area contributed by atoms with Gasteiger partial charge < -0.3 is 10.0 Å². The average Bonchev–Trinajstić information content (AvgIpc) is 2.54. The maximum absolute atomic E-state index is 12.5. The molecule has 1 fully saturated rings. The zero-order valence-electron chi connectivity index (χ0n) is 13.2. The van der Waals surface area contributed by atoms with Crippen LogP contribution in [-0.4, -0.2) is 27.6 Å². The van der Waals surface area contributed by atoms with E-state index in [0.29, 0.717) is 12.1 Å². The van der Waals surface area contributed by atoms with Crippen LogP contribution >= 0.6 is 0 Å². The van der Waals surface area contributed by atoms with Crippen molar-refractivity contribution in [1.82, 2.24) is 9.38 Å². The van der Waals surface area contributed by atoms with Crippen molar-refractivity contribution in [3.8, 4) is 0 Å². The number of nitrogens with zero attached hydrogens (tertiary/aromatic N) is 3. The second-order valence-corrected chi connectivity index (χ2v) is 6.09. The summed E-state index contributed by atoms with van der Waals surface area (Å²) in [6.07, 6.45) is 5.30. The molecule has 3 rings (SSSR count). The van der Waals surface area contributed by atoms with Crippen LogP contribution in [-0.2, 0) is 0 Å². The number of hydrogen-bond donors (Lipinski definition) is 1. The fourth-order valence-electron chi connectivity index (χ4n) is 3.11. The average molecular weight is 301 g/mol. The first-order chi connectivity index (χ1) is 10.6. The fraction of sp³-hybridized carbons (Fsp3) is 0.529. The van der Waals surface area contributed by atoms with Gasteiger partial charge in [-0.05, 0) is 44.2 Å². The SMILES string of the molecule is CCC(O)c1cc(C)cn2c(=O)cc(N3CCCCC3)nc12. The van der Waals surface area contributed by atoms with Crippen LogP contribution < -0.4 is 10.5 Å². The summed E-state index contributed by atoms with van der Waals surface area (Å²) in [4.78, 5) is 19.3. The largest absolute Gasteiger partial charge is 0.388 e. The summed E-state index contributed by atoms with van der Waals surface area (Å²) in [6, 6.07) is 3.54. The maximum atomic E-state index is 12.5. The molecule has 1 N–H and O–H groups in total. The first-order valence-electron chi connectivity index (χ1n) is 8.07. The van der Waals surface area contributed by atoms with Crippen molar-refractivity contribution in [1.29, 1.82) is 0 Å². The first-order valence-corrected chi connectivity index (χ1v) is 8.07. The Kier molecular flexibility index (Phi) is 4.16. The third kappa shape index (κ3) is 2.73. The lowest BCUT2D eigenvalue weighted by Gasteiger charge is -2.28. The zero-order valence-corrected chi connectivity index (χ0v) is 13.2. The zero-order chi connectivity index (χ0) is 15.7. The second kappa shape index (κ2) is 6.08. The molecule has 5 nitrogen and oxygen atoms in total. The van der Waals surface area contributed by atoms with E-state index in [1.807, 2.05) is 19.9 Å². The molecule has 5 heteroatoms. The van der Waals surface area contributed by atoms with Gasteiger partial charge in [-0.25, -0.2) is 4.98 Å². The quantitative estimate of drug-likeness (QED) is 0.946.